The summed E-state index contributed by atoms with van der Waals surface area (Å²) in [6, 6.07) is 0.329. The van der Waals surface area contributed by atoms with E-state index in [2.05, 4.69) is 0 Å². The Balaban J connectivity index is -0.000000605. The van der Waals surface area contributed by atoms with Crippen molar-refractivity contribution in [3.8, 4) is 0 Å². The smallest absolute Gasteiger partial charge is 0.682 e. The second-order valence-corrected chi connectivity index (χ2v) is 12.7. The van der Waals surface area contributed by atoms with Gasteiger partial charge in [0.1, 0.15) is 5.40 Å². The first kappa shape index (κ1) is 22.1. The van der Waals surface area contributed by atoms with Crippen molar-refractivity contribution in [3.63, 3.8) is 0 Å². The van der Waals surface area contributed by atoms with Crippen LogP contribution in [0.25, 0.3) is 0 Å². The van der Waals surface area contributed by atoms with Crippen molar-refractivity contribution >= 4 is 24.8 Å². The van der Waals surface area contributed by atoms with Gasteiger partial charge in [0.2, 0.25) is 0 Å². The minimum atomic E-state index is -3.15. The van der Waals surface area contributed by atoms with E-state index in [9.17, 15) is 19.6 Å². The molecule has 0 spiro atoms. The van der Waals surface area contributed by atoms with Crippen LogP contribution in [0.4, 0.5) is 0 Å². The predicted molar refractivity (Wildman–Crippen MR) is 48.6 cm³/mol. The molecule has 0 saturated heterocycles. The maximum atomic E-state index is 10.5. The zero-order chi connectivity index (χ0) is 9.94. The summed E-state index contributed by atoms with van der Waals surface area (Å²) in [7, 11) is -7.90. The molecule has 9 heteroatoms. The molecule has 0 fully saturated rings. The van der Waals surface area contributed by atoms with Gasteiger partial charge in [-0.3, -0.25) is 0 Å². The van der Waals surface area contributed by atoms with Gasteiger partial charge in [0.05, 0.1) is 8.07 Å². The van der Waals surface area contributed by atoms with Gasteiger partial charge in [0, 0.05) is 6.04 Å². The number of rotatable bonds is 4. The molecule has 0 amide bonds. The summed E-state index contributed by atoms with van der Waals surface area (Å²) >= 11 is 0. The molecule has 0 N–H and O–H groups in total. The average Bonchev–Trinajstić information content (AvgIpc) is 1.79. The Morgan fingerprint density at radius 1 is 0.929 bits per heavy atom. The second kappa shape index (κ2) is 9.90. The van der Waals surface area contributed by atoms with Crippen molar-refractivity contribution in [3.05, 3.63) is 0 Å². The fraction of sp³-hybridized carbons (Fsp3) is 1.00. The van der Waals surface area contributed by atoms with Gasteiger partial charge in [-0.2, -0.15) is 0 Å². The summed E-state index contributed by atoms with van der Waals surface area (Å²) in [6.45, 7) is 5.86. The molecule has 0 rings (SSSR count). The van der Waals surface area contributed by atoms with Crippen LogP contribution in [0, 0.1) is 0 Å². The Kier molecular flexibility index (Phi) is 15.6. The van der Waals surface area contributed by atoms with E-state index < -0.39 is 30.2 Å². The first-order valence-electron chi connectivity index (χ1n) is 3.66. The first-order chi connectivity index (χ1) is 5.24. The van der Waals surface area contributed by atoms with Crippen LogP contribution in [-0.2, 0) is 0 Å². The maximum absolute atomic E-state index is 10.5. The Hall–Kier alpha value is 2.92. The van der Waals surface area contributed by atoms with Gasteiger partial charge in [-0.05, 0) is 0 Å². The van der Waals surface area contributed by atoms with Gasteiger partial charge in [-0.25, -0.2) is 0 Å². The van der Waals surface area contributed by atoms with E-state index in [1.54, 1.807) is 0 Å². The van der Waals surface area contributed by atoms with Crippen LogP contribution in [0.15, 0.2) is 0 Å². The molecule has 0 aliphatic carbocycles. The molecule has 0 atom stereocenters. The number of hydrogen-bond donors (Lipinski definition) is 0. The van der Waals surface area contributed by atoms with Crippen LogP contribution in [0.1, 0.15) is 0 Å². The van der Waals surface area contributed by atoms with Crippen molar-refractivity contribution in [1.29, 1.82) is 0 Å². The quantitative estimate of drug-likeness (QED) is 0.376. The Morgan fingerprint density at radius 2 is 1.21 bits per heavy atom. The zero-order valence-electron chi connectivity index (χ0n) is 9.42. The predicted octanol–water partition coefficient (Wildman–Crippen LogP) is -7.81. The first-order valence-corrected chi connectivity index (χ1v) is 10.2. The van der Waals surface area contributed by atoms with Crippen LogP contribution in [0.5, 0.6) is 0 Å². The molecule has 0 aromatic heterocycles. The van der Waals surface area contributed by atoms with Crippen molar-refractivity contribution in [2.24, 2.45) is 0 Å². The van der Waals surface area contributed by atoms with Crippen molar-refractivity contribution in [1.82, 2.24) is 0 Å². The van der Waals surface area contributed by atoms with Crippen LogP contribution >= 0.6 is 16.8 Å². The van der Waals surface area contributed by atoms with Crippen LogP contribution in [0.2, 0.25) is 25.7 Å². The average molecular weight is 274 g/mol. The van der Waals surface area contributed by atoms with Crippen molar-refractivity contribution in [2.75, 3.05) is 0 Å². The Labute approximate surface area is 133 Å². The van der Waals surface area contributed by atoms with Gasteiger partial charge in [0.25, 0.3) is 0 Å². The molecule has 0 radical (unpaired) electrons. The third kappa shape index (κ3) is 11.4. The molecule has 0 aliphatic heterocycles. The van der Waals surface area contributed by atoms with Gasteiger partial charge >= 0.3 is 59.1 Å². The number of hydrogen-bond acceptors (Lipinski definition) is 4. The molecule has 14 heavy (non-hydrogen) atoms. The third-order valence-electron chi connectivity index (χ3n) is 1.39. The van der Waals surface area contributed by atoms with Crippen LogP contribution in [0.3, 0.4) is 0 Å². The molecule has 4 nitrogen and oxygen atoms in total. The normalized spacial score (nSPS) is 11.6. The Bertz CT molecular complexity index is 136. The topological polar surface area (TPSA) is 92.2 Å². The Morgan fingerprint density at radius 3 is 1.29 bits per heavy atom. The molecule has 0 aliphatic rings. The SMILES string of the molecule is C[Si](C)(C)CC([PH+]([O-])[O-])[PH+]([O-])[O-].[Na+].[Na+]. The standard InChI is InChI=1S/C5H14O4P2Si.2Na/c1-12(2,3)4-5(10(6)7)11(8)9;;/h5,10-11H,4H2,1-3H3;;/q-2;2*+1. The molecular formula is C5H14Na2O4P2Si. The summed E-state index contributed by atoms with van der Waals surface area (Å²) in [6.07, 6.45) is 0. The molecule has 0 unspecified atom stereocenters. The summed E-state index contributed by atoms with van der Waals surface area (Å²) in [5.41, 5.74) is 0. The minimum absolute atomic E-state index is 0. The third-order valence-corrected chi connectivity index (χ3v) is 6.80. The van der Waals surface area contributed by atoms with Gasteiger partial charge in [-0.1, -0.05) is 36.4 Å². The van der Waals surface area contributed by atoms with Gasteiger partial charge in [0.15, 0.2) is 0 Å². The minimum Gasteiger partial charge on any atom is -0.682 e. The van der Waals surface area contributed by atoms with E-state index in [-0.39, 0.29) is 59.1 Å². The fourth-order valence-electron chi connectivity index (χ4n) is 0.875. The summed E-state index contributed by atoms with van der Waals surface area (Å²) in [5, 5.41) is -1.08. The van der Waals surface area contributed by atoms with Crippen LogP contribution < -0.4 is 78.7 Å². The fourth-order valence-corrected chi connectivity index (χ4v) is 7.88. The summed E-state index contributed by atoms with van der Waals surface area (Å²) in [4.78, 5) is 42.2. The molecule has 0 aromatic carbocycles. The van der Waals surface area contributed by atoms with E-state index in [1.165, 1.54) is 0 Å². The van der Waals surface area contributed by atoms with Crippen molar-refractivity contribution in [2.45, 2.75) is 31.1 Å². The summed E-state index contributed by atoms with van der Waals surface area (Å²) in [5.74, 6) is 0. The monoisotopic (exact) mass is 274 g/mol. The second-order valence-electron chi connectivity index (χ2n) is 3.96. The molecule has 0 aromatic rings. The van der Waals surface area contributed by atoms with Gasteiger partial charge < -0.3 is 19.6 Å². The molecule has 0 saturated carbocycles. The molecule has 74 valence electrons. The zero-order valence-corrected chi connectivity index (χ0v) is 16.4. The van der Waals surface area contributed by atoms with E-state index in [0.717, 1.165) is 0 Å². The molecule has 0 heterocycles. The van der Waals surface area contributed by atoms with E-state index in [4.69, 9.17) is 0 Å². The maximum Gasteiger partial charge on any atom is 1.00 e. The van der Waals surface area contributed by atoms with Crippen LogP contribution in [-0.4, -0.2) is 13.5 Å². The van der Waals surface area contributed by atoms with Crippen molar-refractivity contribution < 1.29 is 78.7 Å². The van der Waals surface area contributed by atoms with Gasteiger partial charge in [-0.15, -0.1) is 0 Å². The van der Waals surface area contributed by atoms with E-state index in [0.29, 0.717) is 6.04 Å². The molecule has 0 bridgehead atoms. The van der Waals surface area contributed by atoms with E-state index >= 15 is 0 Å². The van der Waals surface area contributed by atoms with E-state index in [1.807, 2.05) is 19.6 Å². The largest absolute Gasteiger partial charge is 1.00 e. The molecular weight excluding hydrogens is 260 g/mol. The summed E-state index contributed by atoms with van der Waals surface area (Å²) < 4.78 is 0.